The minimum Gasteiger partial charge on any atom is -0.484 e. The maximum Gasteiger partial charge on any atom is 0.258 e. The molecule has 0 unspecified atom stereocenters. The highest BCUT2D eigenvalue weighted by atomic mass is 35.5. The lowest BCUT2D eigenvalue weighted by atomic mass is 9.44. The molecular weight excluding hydrogens is 375 g/mol. The van der Waals surface area contributed by atoms with Crippen LogP contribution in [0.1, 0.15) is 38.5 Å². The zero-order valence-electron chi connectivity index (χ0n) is 14.9. The number of hydrogen-bond donors (Lipinski definition) is 2. The van der Waals surface area contributed by atoms with E-state index in [0.29, 0.717) is 0 Å². The molecule has 4 fully saturated rings. The Hall–Kier alpha value is -1.86. The Labute approximate surface area is 161 Å². The van der Waals surface area contributed by atoms with E-state index < -0.39 is 5.82 Å². The smallest absolute Gasteiger partial charge is 0.258 e. The number of ether oxygens (including phenoxy) is 2. The van der Waals surface area contributed by atoms with Gasteiger partial charge in [-0.2, -0.15) is 0 Å². The predicted octanol–water partition coefficient (Wildman–Crippen LogP) is 2.33. The van der Waals surface area contributed by atoms with Gasteiger partial charge >= 0.3 is 0 Å². The molecule has 2 N–H and O–H groups in total. The van der Waals surface area contributed by atoms with E-state index in [-0.39, 0.29) is 53.0 Å². The number of rotatable bonds is 8. The van der Waals surface area contributed by atoms with Crippen LogP contribution in [0.5, 0.6) is 5.75 Å². The van der Waals surface area contributed by atoms with E-state index in [0.717, 1.165) is 38.2 Å². The van der Waals surface area contributed by atoms with Crippen LogP contribution in [0.25, 0.3) is 0 Å². The van der Waals surface area contributed by atoms with Gasteiger partial charge < -0.3 is 20.1 Å². The number of carbonyl (C=O) groups is 2. The van der Waals surface area contributed by atoms with E-state index in [1.54, 1.807) is 0 Å². The summed E-state index contributed by atoms with van der Waals surface area (Å²) in [5.74, 6) is -0.694. The standard InChI is InChI=1S/C19H22ClFN2O4/c20-14-5-4-13(6-15(14)21)27-8-17(25)23-19-9-18(10-19,11-19)22-16(24)7-26-12-2-1-3-12/h4-6,12H,1-3,7-11H2,(H,22,24)(H,23,25). The van der Waals surface area contributed by atoms with Crippen molar-refractivity contribution in [3.05, 3.63) is 29.0 Å². The lowest BCUT2D eigenvalue weighted by Crippen LogP contribution is -2.84. The van der Waals surface area contributed by atoms with Gasteiger partial charge in [-0.05, 0) is 50.7 Å². The Bertz CT molecular complexity index is 748. The first kappa shape index (κ1) is 18.5. The number of halogens is 2. The van der Waals surface area contributed by atoms with Crippen molar-refractivity contribution in [3.63, 3.8) is 0 Å². The third kappa shape index (κ3) is 3.89. The highest BCUT2D eigenvalue weighted by Crippen LogP contribution is 2.60. The molecule has 6 nitrogen and oxygen atoms in total. The second kappa shape index (κ2) is 6.95. The molecule has 0 spiro atoms. The van der Waals surface area contributed by atoms with E-state index in [9.17, 15) is 14.0 Å². The number of carbonyl (C=O) groups excluding carboxylic acids is 2. The minimum atomic E-state index is -0.590. The molecule has 0 heterocycles. The number of amides is 2. The lowest BCUT2D eigenvalue weighted by Gasteiger charge is -2.70. The maximum absolute atomic E-state index is 13.4. The summed E-state index contributed by atoms with van der Waals surface area (Å²) in [7, 11) is 0. The summed E-state index contributed by atoms with van der Waals surface area (Å²) < 4.78 is 24.2. The van der Waals surface area contributed by atoms with Crippen LogP contribution >= 0.6 is 11.6 Å². The number of hydrogen-bond acceptors (Lipinski definition) is 4. The molecule has 2 amide bonds. The largest absolute Gasteiger partial charge is 0.484 e. The summed E-state index contributed by atoms with van der Waals surface area (Å²) in [4.78, 5) is 24.1. The fourth-order valence-corrected chi connectivity index (χ4v) is 4.28. The van der Waals surface area contributed by atoms with Gasteiger partial charge in [0, 0.05) is 17.1 Å². The lowest BCUT2D eigenvalue weighted by molar-refractivity contribution is -0.154. The molecule has 27 heavy (non-hydrogen) atoms. The van der Waals surface area contributed by atoms with Crippen molar-refractivity contribution in [2.75, 3.05) is 13.2 Å². The summed E-state index contributed by atoms with van der Waals surface area (Å²) in [6.07, 6.45) is 5.65. The second-order valence-corrected chi connectivity index (χ2v) is 8.32. The Morgan fingerprint density at radius 2 is 1.74 bits per heavy atom. The Morgan fingerprint density at radius 1 is 1.11 bits per heavy atom. The fourth-order valence-electron chi connectivity index (χ4n) is 4.16. The highest BCUT2D eigenvalue weighted by molar-refractivity contribution is 6.30. The summed E-state index contributed by atoms with van der Waals surface area (Å²) in [5, 5.41) is 5.99. The molecule has 8 heteroatoms. The summed E-state index contributed by atoms with van der Waals surface area (Å²) in [5.41, 5.74) is -0.457. The molecule has 0 saturated heterocycles. The Balaban J connectivity index is 1.16. The molecule has 1 aromatic rings. The molecule has 146 valence electrons. The summed E-state index contributed by atoms with van der Waals surface area (Å²) in [6.45, 7) is -0.0886. The normalized spacial score (nSPS) is 28.4. The van der Waals surface area contributed by atoms with Gasteiger partial charge in [0.05, 0.1) is 11.1 Å². The van der Waals surface area contributed by atoms with Gasteiger partial charge in [0.2, 0.25) is 5.91 Å². The van der Waals surface area contributed by atoms with E-state index >= 15 is 0 Å². The van der Waals surface area contributed by atoms with Crippen LogP contribution in [0.2, 0.25) is 5.02 Å². The van der Waals surface area contributed by atoms with Crippen molar-refractivity contribution in [2.24, 2.45) is 0 Å². The molecule has 4 saturated carbocycles. The molecular formula is C19H22ClFN2O4. The predicted molar refractivity (Wildman–Crippen MR) is 96.1 cm³/mol. The van der Waals surface area contributed by atoms with Gasteiger partial charge in [0.15, 0.2) is 6.61 Å². The first-order valence-corrected chi connectivity index (χ1v) is 9.56. The van der Waals surface area contributed by atoms with Gasteiger partial charge in [0.25, 0.3) is 5.91 Å². The van der Waals surface area contributed by atoms with E-state index in [1.807, 2.05) is 0 Å². The molecule has 4 aliphatic rings. The van der Waals surface area contributed by atoms with Crippen molar-refractivity contribution >= 4 is 23.4 Å². The monoisotopic (exact) mass is 396 g/mol. The third-order valence-electron chi connectivity index (χ3n) is 5.60. The fraction of sp³-hybridized carbons (Fsp3) is 0.579. The van der Waals surface area contributed by atoms with E-state index in [1.165, 1.54) is 18.6 Å². The number of benzene rings is 1. The molecule has 5 rings (SSSR count). The van der Waals surface area contributed by atoms with Gasteiger partial charge in [0.1, 0.15) is 18.2 Å². The zero-order chi connectivity index (χ0) is 19.1. The first-order valence-electron chi connectivity index (χ1n) is 9.19. The van der Waals surface area contributed by atoms with Crippen molar-refractivity contribution in [2.45, 2.75) is 55.7 Å². The van der Waals surface area contributed by atoms with Crippen molar-refractivity contribution in [3.8, 4) is 5.75 Å². The van der Waals surface area contributed by atoms with E-state index in [4.69, 9.17) is 21.1 Å². The SMILES string of the molecule is O=C(COc1ccc(Cl)c(F)c1)NC12CC(NC(=O)COC3CCC3)(C1)C2. The first-order chi connectivity index (χ1) is 12.9. The quantitative estimate of drug-likeness (QED) is 0.707. The molecule has 0 atom stereocenters. The van der Waals surface area contributed by atoms with Crippen LogP contribution in [-0.4, -0.2) is 42.2 Å². The van der Waals surface area contributed by atoms with Crippen LogP contribution < -0.4 is 15.4 Å². The zero-order valence-corrected chi connectivity index (χ0v) is 15.6. The summed E-state index contributed by atoms with van der Waals surface area (Å²) >= 11 is 5.61. The maximum atomic E-state index is 13.4. The van der Waals surface area contributed by atoms with Crippen LogP contribution in [0, 0.1) is 5.82 Å². The molecule has 0 aromatic heterocycles. The average molecular weight is 397 g/mol. The van der Waals surface area contributed by atoms with Gasteiger partial charge in [-0.1, -0.05) is 11.6 Å². The van der Waals surface area contributed by atoms with E-state index in [2.05, 4.69) is 10.6 Å². The molecule has 4 aliphatic carbocycles. The van der Waals surface area contributed by atoms with Crippen molar-refractivity contribution in [1.82, 2.24) is 10.6 Å². The number of nitrogens with one attached hydrogen (secondary N) is 2. The van der Waals surface area contributed by atoms with Gasteiger partial charge in [-0.25, -0.2) is 4.39 Å². The minimum absolute atomic E-state index is 0.00565. The van der Waals surface area contributed by atoms with Crippen molar-refractivity contribution < 1.29 is 23.5 Å². The van der Waals surface area contributed by atoms with Gasteiger partial charge in [-0.15, -0.1) is 0 Å². The Morgan fingerprint density at radius 3 is 2.30 bits per heavy atom. The molecule has 0 aliphatic heterocycles. The van der Waals surface area contributed by atoms with Gasteiger partial charge in [-0.3, -0.25) is 9.59 Å². The molecule has 2 bridgehead atoms. The highest BCUT2D eigenvalue weighted by Gasteiger charge is 2.69. The van der Waals surface area contributed by atoms with Crippen LogP contribution in [0.4, 0.5) is 4.39 Å². The molecule has 0 radical (unpaired) electrons. The second-order valence-electron chi connectivity index (χ2n) is 7.92. The van der Waals surface area contributed by atoms with Crippen LogP contribution in [-0.2, 0) is 14.3 Å². The topological polar surface area (TPSA) is 76.7 Å². The van der Waals surface area contributed by atoms with Crippen molar-refractivity contribution in [1.29, 1.82) is 0 Å². The average Bonchev–Trinajstić information content (AvgIpc) is 2.51. The molecule has 1 aromatic carbocycles. The van der Waals surface area contributed by atoms with Crippen LogP contribution in [0.3, 0.4) is 0 Å². The third-order valence-corrected chi connectivity index (χ3v) is 5.91. The Kier molecular flexibility index (Phi) is 4.76. The summed E-state index contributed by atoms with van der Waals surface area (Å²) in [6, 6.07) is 4.04. The van der Waals surface area contributed by atoms with Crippen LogP contribution in [0.15, 0.2) is 18.2 Å².